The van der Waals surface area contributed by atoms with Gasteiger partial charge in [0.1, 0.15) is 24.4 Å². The molecule has 0 aromatic heterocycles. The third kappa shape index (κ3) is 45.2. The lowest BCUT2D eigenvalue weighted by molar-refractivity contribution is -0.302. The molecule has 0 aromatic carbocycles. The van der Waals surface area contributed by atoms with Gasteiger partial charge >= 0.3 is 5.97 Å². The lowest BCUT2D eigenvalue weighted by Crippen LogP contribution is -2.60. The van der Waals surface area contributed by atoms with Gasteiger partial charge in [-0.3, -0.25) is 9.59 Å². The summed E-state index contributed by atoms with van der Waals surface area (Å²) in [7, 11) is 0. The van der Waals surface area contributed by atoms with E-state index in [1.54, 1.807) is 6.08 Å². The van der Waals surface area contributed by atoms with Gasteiger partial charge in [-0.05, 0) is 57.8 Å². The molecule has 0 aromatic rings. The Kier molecular flexibility index (Phi) is 52.8. The molecule has 0 saturated carbocycles. The highest BCUT2D eigenvalue weighted by atomic mass is 16.7. The topological polar surface area (TPSA) is 175 Å². The van der Waals surface area contributed by atoms with Crippen LogP contribution in [0.1, 0.15) is 309 Å². The monoisotopic (exact) mass is 1090 g/mol. The van der Waals surface area contributed by atoms with Gasteiger partial charge in [0.2, 0.25) is 5.91 Å². The Morgan fingerprint density at radius 2 is 0.844 bits per heavy atom. The predicted octanol–water partition coefficient (Wildman–Crippen LogP) is 15.8. The molecule has 1 rings (SSSR count). The molecule has 1 aliphatic rings. The number of amides is 1. The van der Waals surface area contributed by atoms with Gasteiger partial charge in [-0.1, -0.05) is 275 Å². The highest BCUT2D eigenvalue weighted by Gasteiger charge is 2.44. The van der Waals surface area contributed by atoms with Crippen molar-refractivity contribution in [2.75, 3.05) is 19.8 Å². The van der Waals surface area contributed by atoms with Gasteiger partial charge in [0.05, 0.1) is 32.0 Å². The van der Waals surface area contributed by atoms with Crippen molar-refractivity contribution in [1.29, 1.82) is 0 Å². The number of allylic oxidation sites excluding steroid dienone is 5. The van der Waals surface area contributed by atoms with Gasteiger partial charge in [0.25, 0.3) is 0 Å². The van der Waals surface area contributed by atoms with Gasteiger partial charge in [-0.15, -0.1) is 0 Å². The summed E-state index contributed by atoms with van der Waals surface area (Å²) >= 11 is 0. The molecule has 11 nitrogen and oxygen atoms in total. The molecule has 1 aliphatic heterocycles. The Labute approximate surface area is 473 Å². The van der Waals surface area contributed by atoms with Crippen LogP contribution in [0.5, 0.6) is 0 Å². The van der Waals surface area contributed by atoms with Crippen LogP contribution in [0.4, 0.5) is 0 Å². The lowest BCUT2D eigenvalue weighted by Gasteiger charge is -2.40. The Hall–Kier alpha value is -2.12. The summed E-state index contributed by atoms with van der Waals surface area (Å²) in [6.07, 6.45) is 59.7. The van der Waals surface area contributed by atoms with E-state index in [9.17, 15) is 35.1 Å². The van der Waals surface area contributed by atoms with Crippen molar-refractivity contribution in [3.8, 4) is 0 Å². The number of nitrogens with one attached hydrogen (secondary N) is 1. The number of aliphatic hydroxyl groups excluding tert-OH is 5. The highest BCUT2D eigenvalue weighted by Crippen LogP contribution is 2.23. The Morgan fingerprint density at radius 1 is 0.468 bits per heavy atom. The van der Waals surface area contributed by atoms with Gasteiger partial charge in [0, 0.05) is 12.8 Å². The molecule has 1 fully saturated rings. The molecule has 1 heterocycles. The fourth-order valence-corrected chi connectivity index (χ4v) is 10.3. The fraction of sp³-hybridized carbons (Fsp3) is 0.879. The Morgan fingerprint density at radius 3 is 1.29 bits per heavy atom. The maximum Gasteiger partial charge on any atom is 0.305 e. The minimum absolute atomic E-state index is 0.00347. The van der Waals surface area contributed by atoms with Crippen LogP contribution >= 0.6 is 0 Å². The Bertz CT molecular complexity index is 1370. The zero-order chi connectivity index (χ0) is 55.9. The fourth-order valence-electron chi connectivity index (χ4n) is 10.3. The Balaban J connectivity index is 2.04. The molecular formula is C66H123NO10. The first-order valence-corrected chi connectivity index (χ1v) is 32.8. The molecule has 7 atom stereocenters. The largest absolute Gasteiger partial charge is 0.466 e. The van der Waals surface area contributed by atoms with Crippen molar-refractivity contribution in [2.45, 2.75) is 352 Å². The number of esters is 1. The second kappa shape index (κ2) is 55.8. The number of aliphatic hydroxyl groups is 5. The van der Waals surface area contributed by atoms with E-state index in [-0.39, 0.29) is 18.5 Å². The van der Waals surface area contributed by atoms with Crippen molar-refractivity contribution in [2.24, 2.45) is 0 Å². The van der Waals surface area contributed by atoms with E-state index in [4.69, 9.17) is 14.2 Å². The molecule has 77 heavy (non-hydrogen) atoms. The van der Waals surface area contributed by atoms with Crippen molar-refractivity contribution in [3.63, 3.8) is 0 Å². The normalized spacial score (nSPS) is 18.8. The quantitative estimate of drug-likeness (QED) is 0.0195. The molecule has 7 unspecified atom stereocenters. The zero-order valence-electron chi connectivity index (χ0n) is 49.9. The van der Waals surface area contributed by atoms with E-state index in [1.807, 2.05) is 6.08 Å². The number of rotatable bonds is 57. The lowest BCUT2D eigenvalue weighted by atomic mass is 9.99. The van der Waals surface area contributed by atoms with Gasteiger partial charge in [-0.2, -0.15) is 0 Å². The molecule has 11 heteroatoms. The van der Waals surface area contributed by atoms with Crippen molar-refractivity contribution in [3.05, 3.63) is 36.5 Å². The predicted molar refractivity (Wildman–Crippen MR) is 320 cm³/mol. The summed E-state index contributed by atoms with van der Waals surface area (Å²) < 4.78 is 16.7. The van der Waals surface area contributed by atoms with Gasteiger partial charge in [-0.25, -0.2) is 0 Å². The SMILES string of the molecule is CCCCCC/C=C/CC/C=C/CC/C=C/C(O)C(COC1OC(CO)C(O)C(O)C1O)NC(=O)CCCCCCCCCCCCCCCCCCCCCCCCCCOC(=O)CCCCCCCCCCCCC. The minimum Gasteiger partial charge on any atom is -0.466 e. The molecule has 0 aliphatic carbocycles. The standard InChI is InChI=1S/C66H123NO10/c1-3-5-7-9-11-13-15-16-29-33-36-40-44-48-52-59(69)58(57-76-66-65(74)64(73)63(72)60(56-68)77-66)67-61(70)53-49-45-41-37-34-30-27-25-23-21-19-17-18-20-22-24-26-28-31-35-39-43-47-51-55-75-62(71)54-50-46-42-38-32-14-12-10-8-6-4-2/h13,15,33,36,48,52,58-60,63-66,68-69,72-74H,3-12,14,16-32,34-35,37-47,49-51,53-57H2,1-2H3,(H,67,70)/b15-13+,36-33+,52-48+. The average molecular weight is 1090 g/mol. The molecule has 6 N–H and O–H groups in total. The van der Waals surface area contributed by atoms with Gasteiger partial charge < -0.3 is 45.1 Å². The van der Waals surface area contributed by atoms with Crippen LogP contribution in [0.15, 0.2) is 36.5 Å². The summed E-state index contributed by atoms with van der Waals surface area (Å²) in [5.41, 5.74) is 0. The highest BCUT2D eigenvalue weighted by molar-refractivity contribution is 5.76. The second-order valence-electron chi connectivity index (χ2n) is 22.8. The number of unbranched alkanes of at least 4 members (excludes halogenated alkanes) is 39. The summed E-state index contributed by atoms with van der Waals surface area (Å²) in [6, 6.07) is -0.834. The first-order chi connectivity index (χ1) is 37.7. The molecule has 452 valence electrons. The minimum atomic E-state index is -1.58. The second-order valence-corrected chi connectivity index (χ2v) is 22.8. The average Bonchev–Trinajstić information content (AvgIpc) is 3.43. The van der Waals surface area contributed by atoms with Crippen molar-refractivity contribution in [1.82, 2.24) is 5.32 Å². The molecular weight excluding hydrogens is 967 g/mol. The molecule has 0 bridgehead atoms. The van der Waals surface area contributed by atoms with Crippen LogP contribution in [0.2, 0.25) is 0 Å². The maximum absolute atomic E-state index is 13.1. The molecule has 1 amide bonds. The molecule has 0 radical (unpaired) electrons. The summed E-state index contributed by atoms with van der Waals surface area (Å²) in [5, 5.41) is 54.4. The van der Waals surface area contributed by atoms with E-state index in [0.29, 0.717) is 19.4 Å². The molecule has 0 spiro atoms. The number of carbonyl (C=O) groups excluding carboxylic acids is 2. The number of hydrogen-bond acceptors (Lipinski definition) is 10. The summed E-state index contributed by atoms with van der Waals surface area (Å²) in [5.74, 6) is -0.191. The van der Waals surface area contributed by atoms with E-state index in [0.717, 1.165) is 70.6 Å². The van der Waals surface area contributed by atoms with Crippen LogP contribution in [0.25, 0.3) is 0 Å². The van der Waals surface area contributed by atoms with Gasteiger partial charge in [0.15, 0.2) is 6.29 Å². The third-order valence-electron chi connectivity index (χ3n) is 15.5. The van der Waals surface area contributed by atoms with E-state index < -0.39 is 49.5 Å². The van der Waals surface area contributed by atoms with Crippen molar-refractivity contribution >= 4 is 11.9 Å². The number of ether oxygens (including phenoxy) is 3. The van der Waals surface area contributed by atoms with E-state index >= 15 is 0 Å². The number of hydrogen-bond donors (Lipinski definition) is 6. The van der Waals surface area contributed by atoms with Crippen LogP contribution in [-0.2, 0) is 23.8 Å². The maximum atomic E-state index is 13.1. The van der Waals surface area contributed by atoms with Crippen molar-refractivity contribution < 1.29 is 49.3 Å². The summed E-state index contributed by atoms with van der Waals surface area (Å²) in [6.45, 7) is 4.32. The third-order valence-corrected chi connectivity index (χ3v) is 15.5. The van der Waals surface area contributed by atoms with Crippen LogP contribution in [0, 0.1) is 0 Å². The van der Waals surface area contributed by atoms with Crippen LogP contribution < -0.4 is 5.32 Å². The zero-order valence-corrected chi connectivity index (χ0v) is 49.9. The number of carbonyl (C=O) groups is 2. The van der Waals surface area contributed by atoms with Crippen LogP contribution in [-0.4, -0.2) is 100 Å². The smallest absolute Gasteiger partial charge is 0.305 e. The van der Waals surface area contributed by atoms with Crippen LogP contribution in [0.3, 0.4) is 0 Å². The van der Waals surface area contributed by atoms with E-state index in [1.165, 1.54) is 212 Å². The first kappa shape index (κ1) is 72.9. The summed E-state index contributed by atoms with van der Waals surface area (Å²) in [4.78, 5) is 25.1. The van der Waals surface area contributed by atoms with E-state index in [2.05, 4.69) is 43.5 Å². The molecule has 1 saturated heterocycles. The first-order valence-electron chi connectivity index (χ1n) is 32.8.